The number of hydrogen-bond donors (Lipinski definition) is 2. The van der Waals surface area contributed by atoms with Gasteiger partial charge in [0.1, 0.15) is 5.82 Å². The highest BCUT2D eigenvalue weighted by Gasteiger charge is 2.33. The molecule has 2 N–H and O–H groups in total. The molecule has 1 aliphatic rings. The van der Waals surface area contributed by atoms with Crippen molar-refractivity contribution in [1.82, 2.24) is 0 Å². The van der Waals surface area contributed by atoms with Crippen molar-refractivity contribution < 1.29 is 9.50 Å². The van der Waals surface area contributed by atoms with Crippen LogP contribution in [0, 0.1) is 5.82 Å². The molecular formula is C11H14FNO. The maximum Gasteiger partial charge on any atom is 0.123 e. The normalized spacial score (nSPS) is 18.7. The fraction of sp³-hybridized carbons (Fsp3) is 0.455. The molecule has 14 heavy (non-hydrogen) atoms. The van der Waals surface area contributed by atoms with Crippen LogP contribution in [0.25, 0.3) is 0 Å². The predicted octanol–water partition coefficient (Wildman–Crippen LogP) is 2.15. The maximum atomic E-state index is 12.6. The Bertz CT molecular complexity index is 306. The molecule has 2 rings (SSSR count). The first-order valence-electron chi connectivity index (χ1n) is 4.90. The van der Waals surface area contributed by atoms with E-state index in [4.69, 9.17) is 0 Å². The number of benzene rings is 1. The number of nitrogens with one attached hydrogen (secondary N) is 1. The Morgan fingerprint density at radius 1 is 1.29 bits per heavy atom. The molecule has 0 atom stereocenters. The van der Waals surface area contributed by atoms with Gasteiger partial charge in [-0.1, -0.05) is 0 Å². The highest BCUT2D eigenvalue weighted by Crippen LogP contribution is 2.31. The van der Waals surface area contributed by atoms with Crippen LogP contribution in [0.3, 0.4) is 0 Å². The number of hydrogen-bond acceptors (Lipinski definition) is 2. The van der Waals surface area contributed by atoms with Crippen LogP contribution in [-0.2, 0) is 0 Å². The minimum Gasteiger partial charge on any atom is -0.388 e. The molecule has 0 aliphatic heterocycles. The first-order valence-corrected chi connectivity index (χ1v) is 4.90. The Balaban J connectivity index is 1.88. The van der Waals surface area contributed by atoms with E-state index in [0.29, 0.717) is 6.54 Å². The Morgan fingerprint density at radius 2 is 1.93 bits per heavy atom. The molecule has 1 aromatic rings. The van der Waals surface area contributed by atoms with E-state index in [2.05, 4.69) is 5.32 Å². The maximum absolute atomic E-state index is 12.6. The second kappa shape index (κ2) is 3.58. The van der Waals surface area contributed by atoms with E-state index in [1.807, 2.05) is 0 Å². The van der Waals surface area contributed by atoms with E-state index in [1.54, 1.807) is 12.1 Å². The fourth-order valence-electron chi connectivity index (χ4n) is 1.60. The second-order valence-corrected chi connectivity index (χ2v) is 3.94. The molecule has 2 nitrogen and oxygen atoms in total. The molecule has 76 valence electrons. The van der Waals surface area contributed by atoms with E-state index >= 15 is 0 Å². The van der Waals surface area contributed by atoms with Crippen molar-refractivity contribution in [2.24, 2.45) is 0 Å². The van der Waals surface area contributed by atoms with Gasteiger partial charge in [0.2, 0.25) is 0 Å². The Hall–Kier alpha value is -1.09. The van der Waals surface area contributed by atoms with Crippen LogP contribution >= 0.6 is 0 Å². The lowest BCUT2D eigenvalue weighted by molar-refractivity contribution is -0.0201. The monoisotopic (exact) mass is 195 g/mol. The summed E-state index contributed by atoms with van der Waals surface area (Å²) in [5, 5.41) is 12.9. The van der Waals surface area contributed by atoms with Crippen LogP contribution in [0.4, 0.5) is 10.1 Å². The minimum atomic E-state index is -0.533. The lowest BCUT2D eigenvalue weighted by Gasteiger charge is -2.36. The molecule has 0 heterocycles. The summed E-state index contributed by atoms with van der Waals surface area (Å²) in [4.78, 5) is 0. The van der Waals surface area contributed by atoms with Crippen molar-refractivity contribution >= 4 is 5.69 Å². The first-order chi connectivity index (χ1) is 6.68. The summed E-state index contributed by atoms with van der Waals surface area (Å²) in [6.45, 7) is 0.554. The third-order valence-electron chi connectivity index (χ3n) is 2.75. The standard InChI is InChI=1S/C11H14FNO/c12-9-2-4-10(5-3-9)13-8-11(14)6-1-7-11/h2-5,13-14H,1,6-8H2. The van der Waals surface area contributed by atoms with Crippen LogP contribution in [0.15, 0.2) is 24.3 Å². The largest absolute Gasteiger partial charge is 0.388 e. The van der Waals surface area contributed by atoms with Crippen LogP contribution in [0.1, 0.15) is 19.3 Å². The summed E-state index contributed by atoms with van der Waals surface area (Å²) in [5.74, 6) is -0.238. The molecule has 0 spiro atoms. The minimum absolute atomic E-state index is 0.238. The van der Waals surface area contributed by atoms with E-state index in [9.17, 15) is 9.50 Å². The van der Waals surface area contributed by atoms with Gasteiger partial charge in [0, 0.05) is 12.2 Å². The number of halogens is 1. The topological polar surface area (TPSA) is 32.3 Å². The lowest BCUT2D eigenvalue weighted by atomic mass is 9.80. The zero-order chi connectivity index (χ0) is 10.0. The smallest absolute Gasteiger partial charge is 0.123 e. The second-order valence-electron chi connectivity index (χ2n) is 3.94. The van der Waals surface area contributed by atoms with Crippen molar-refractivity contribution in [3.8, 4) is 0 Å². The summed E-state index contributed by atoms with van der Waals surface area (Å²) in [6.07, 6.45) is 2.82. The first kappa shape index (κ1) is 9.46. The van der Waals surface area contributed by atoms with Gasteiger partial charge in [-0.3, -0.25) is 0 Å². The Kier molecular flexibility index (Phi) is 2.42. The van der Waals surface area contributed by atoms with Crippen molar-refractivity contribution in [2.75, 3.05) is 11.9 Å². The van der Waals surface area contributed by atoms with Crippen molar-refractivity contribution in [2.45, 2.75) is 24.9 Å². The molecule has 1 aromatic carbocycles. The van der Waals surface area contributed by atoms with Crippen molar-refractivity contribution in [3.05, 3.63) is 30.1 Å². The van der Waals surface area contributed by atoms with Gasteiger partial charge in [-0.15, -0.1) is 0 Å². The average molecular weight is 195 g/mol. The summed E-state index contributed by atoms with van der Waals surface area (Å²) in [5.41, 5.74) is 0.320. The van der Waals surface area contributed by atoms with Gasteiger partial charge in [-0.25, -0.2) is 4.39 Å². The summed E-state index contributed by atoms with van der Waals surface area (Å²) in [6, 6.07) is 6.18. The molecule has 1 saturated carbocycles. The van der Waals surface area contributed by atoms with Crippen LogP contribution < -0.4 is 5.32 Å². The van der Waals surface area contributed by atoms with E-state index in [0.717, 1.165) is 24.9 Å². The Labute approximate surface area is 82.8 Å². The van der Waals surface area contributed by atoms with E-state index < -0.39 is 5.60 Å². The number of aliphatic hydroxyl groups is 1. The lowest BCUT2D eigenvalue weighted by Crippen LogP contribution is -2.43. The summed E-state index contributed by atoms with van der Waals surface area (Å²) in [7, 11) is 0. The highest BCUT2D eigenvalue weighted by atomic mass is 19.1. The van der Waals surface area contributed by atoms with Gasteiger partial charge < -0.3 is 10.4 Å². The molecule has 1 fully saturated rings. The summed E-state index contributed by atoms with van der Waals surface area (Å²) < 4.78 is 12.6. The van der Waals surface area contributed by atoms with Gasteiger partial charge in [0.25, 0.3) is 0 Å². The molecule has 1 aliphatic carbocycles. The summed E-state index contributed by atoms with van der Waals surface area (Å²) >= 11 is 0. The third-order valence-corrected chi connectivity index (χ3v) is 2.75. The van der Waals surface area contributed by atoms with E-state index in [1.165, 1.54) is 12.1 Å². The molecule has 0 aromatic heterocycles. The molecule has 3 heteroatoms. The highest BCUT2D eigenvalue weighted by molar-refractivity contribution is 5.43. The number of rotatable bonds is 3. The molecule has 0 radical (unpaired) electrons. The number of anilines is 1. The average Bonchev–Trinajstić information content (AvgIpc) is 2.14. The predicted molar refractivity (Wildman–Crippen MR) is 53.7 cm³/mol. The van der Waals surface area contributed by atoms with Gasteiger partial charge >= 0.3 is 0 Å². The molecule has 0 bridgehead atoms. The van der Waals surface area contributed by atoms with Gasteiger partial charge in [-0.05, 0) is 43.5 Å². The molecule has 0 unspecified atom stereocenters. The third kappa shape index (κ3) is 2.04. The van der Waals surface area contributed by atoms with E-state index in [-0.39, 0.29) is 5.82 Å². The zero-order valence-electron chi connectivity index (χ0n) is 7.96. The zero-order valence-corrected chi connectivity index (χ0v) is 7.96. The fourth-order valence-corrected chi connectivity index (χ4v) is 1.60. The molecule has 0 amide bonds. The van der Waals surface area contributed by atoms with Gasteiger partial charge in [0.15, 0.2) is 0 Å². The van der Waals surface area contributed by atoms with Crippen LogP contribution in [-0.4, -0.2) is 17.3 Å². The quantitative estimate of drug-likeness (QED) is 0.774. The van der Waals surface area contributed by atoms with Crippen LogP contribution in [0.5, 0.6) is 0 Å². The SMILES string of the molecule is OC1(CNc2ccc(F)cc2)CCC1. The molecule has 0 saturated heterocycles. The van der Waals surface area contributed by atoms with Gasteiger partial charge in [-0.2, -0.15) is 0 Å². The molecular weight excluding hydrogens is 181 g/mol. The van der Waals surface area contributed by atoms with Crippen LogP contribution in [0.2, 0.25) is 0 Å². The van der Waals surface area contributed by atoms with Gasteiger partial charge in [0.05, 0.1) is 5.60 Å². The Morgan fingerprint density at radius 3 is 2.43 bits per heavy atom. The van der Waals surface area contributed by atoms with Crippen molar-refractivity contribution in [3.63, 3.8) is 0 Å². The van der Waals surface area contributed by atoms with Crippen molar-refractivity contribution in [1.29, 1.82) is 0 Å².